The number of hydrogen-bond donors (Lipinski definition) is 0. The topological polar surface area (TPSA) is 46.6 Å². The Morgan fingerprint density at radius 3 is 2.82 bits per heavy atom. The van der Waals surface area contributed by atoms with Crippen LogP contribution >= 0.6 is 11.6 Å². The van der Waals surface area contributed by atoms with Gasteiger partial charge < -0.3 is 9.64 Å². The van der Waals surface area contributed by atoms with Gasteiger partial charge >= 0.3 is 5.97 Å². The molecule has 0 spiro atoms. The quantitative estimate of drug-likeness (QED) is 0.797. The van der Waals surface area contributed by atoms with Crippen LogP contribution < -0.4 is 0 Å². The number of piperidine rings is 1. The van der Waals surface area contributed by atoms with E-state index < -0.39 is 24.1 Å². The normalized spacial score (nSPS) is 19.6. The number of amides is 1. The van der Waals surface area contributed by atoms with Crippen molar-refractivity contribution < 1.29 is 18.7 Å². The van der Waals surface area contributed by atoms with Crippen molar-refractivity contribution in [2.45, 2.75) is 38.4 Å². The van der Waals surface area contributed by atoms with Crippen LogP contribution in [0.4, 0.5) is 4.39 Å². The first-order chi connectivity index (χ1) is 10.6. The highest BCUT2D eigenvalue weighted by atomic mass is 35.5. The molecule has 0 aliphatic carbocycles. The maximum atomic E-state index is 14.6. The SMILES string of the molecule is CCOC(=O)C1CCCCN1C(=O)C(F)c1ccccc1Cl. The summed E-state index contributed by atoms with van der Waals surface area (Å²) in [5.41, 5.74) is 0.127. The zero-order valence-electron chi connectivity index (χ0n) is 12.4. The van der Waals surface area contributed by atoms with Gasteiger partial charge in [0.25, 0.3) is 5.91 Å². The first kappa shape index (κ1) is 16.7. The third-order valence-corrected chi connectivity index (χ3v) is 4.08. The van der Waals surface area contributed by atoms with Crippen molar-refractivity contribution in [3.63, 3.8) is 0 Å². The molecule has 1 aliphatic rings. The first-order valence-corrected chi connectivity index (χ1v) is 7.79. The standard InChI is InChI=1S/C16H19ClFNO3/c1-2-22-16(21)13-9-5-6-10-19(13)15(20)14(18)11-7-3-4-8-12(11)17/h3-4,7-8,13-14H,2,5-6,9-10H2,1H3. The summed E-state index contributed by atoms with van der Waals surface area (Å²) in [7, 11) is 0. The molecule has 2 unspecified atom stereocenters. The number of esters is 1. The largest absolute Gasteiger partial charge is 0.464 e. The molecule has 1 aliphatic heterocycles. The van der Waals surface area contributed by atoms with E-state index in [1.54, 1.807) is 19.1 Å². The summed E-state index contributed by atoms with van der Waals surface area (Å²) in [6, 6.07) is 5.61. The van der Waals surface area contributed by atoms with Gasteiger partial charge in [0.05, 0.1) is 6.61 Å². The van der Waals surface area contributed by atoms with E-state index in [1.165, 1.54) is 17.0 Å². The van der Waals surface area contributed by atoms with Gasteiger partial charge in [0, 0.05) is 17.1 Å². The van der Waals surface area contributed by atoms with Crippen LogP contribution in [0.2, 0.25) is 5.02 Å². The van der Waals surface area contributed by atoms with Crippen molar-refractivity contribution in [1.29, 1.82) is 0 Å². The van der Waals surface area contributed by atoms with Crippen molar-refractivity contribution in [2.75, 3.05) is 13.2 Å². The molecule has 0 aromatic heterocycles. The summed E-state index contributed by atoms with van der Waals surface area (Å²) in [4.78, 5) is 25.7. The molecule has 0 radical (unpaired) electrons. The molecule has 0 bridgehead atoms. The third-order valence-electron chi connectivity index (χ3n) is 3.74. The minimum Gasteiger partial charge on any atom is -0.464 e. The lowest BCUT2D eigenvalue weighted by Gasteiger charge is -2.34. The number of carbonyl (C=O) groups is 2. The second-order valence-electron chi connectivity index (χ2n) is 5.18. The number of benzene rings is 1. The summed E-state index contributed by atoms with van der Waals surface area (Å²) >= 11 is 5.95. The van der Waals surface area contributed by atoms with Gasteiger partial charge in [0.1, 0.15) is 6.04 Å². The van der Waals surface area contributed by atoms with E-state index in [9.17, 15) is 14.0 Å². The fourth-order valence-electron chi connectivity index (χ4n) is 2.64. The highest BCUT2D eigenvalue weighted by Crippen LogP contribution is 2.30. The van der Waals surface area contributed by atoms with Crippen LogP contribution in [0.5, 0.6) is 0 Å². The molecule has 1 fully saturated rings. The molecule has 22 heavy (non-hydrogen) atoms. The van der Waals surface area contributed by atoms with Crippen LogP contribution in [-0.4, -0.2) is 36.0 Å². The molecule has 1 aromatic rings. The minimum atomic E-state index is -1.87. The average molecular weight is 328 g/mol. The van der Waals surface area contributed by atoms with E-state index in [0.29, 0.717) is 13.0 Å². The van der Waals surface area contributed by atoms with Gasteiger partial charge in [-0.05, 0) is 32.3 Å². The van der Waals surface area contributed by atoms with Gasteiger partial charge in [0.15, 0.2) is 0 Å². The Morgan fingerprint density at radius 2 is 2.14 bits per heavy atom. The number of nitrogens with zero attached hydrogens (tertiary/aromatic N) is 1. The highest BCUT2D eigenvalue weighted by molar-refractivity contribution is 6.31. The minimum absolute atomic E-state index is 0.127. The number of alkyl halides is 1. The van der Waals surface area contributed by atoms with Crippen molar-refractivity contribution >= 4 is 23.5 Å². The Balaban J connectivity index is 2.18. The second-order valence-corrected chi connectivity index (χ2v) is 5.59. The van der Waals surface area contributed by atoms with Crippen molar-refractivity contribution in [1.82, 2.24) is 4.90 Å². The summed E-state index contributed by atoms with van der Waals surface area (Å²) in [5.74, 6) is -1.20. The monoisotopic (exact) mass is 327 g/mol. The number of hydrogen-bond acceptors (Lipinski definition) is 3. The molecular weight excluding hydrogens is 309 g/mol. The fourth-order valence-corrected chi connectivity index (χ4v) is 2.87. The zero-order valence-corrected chi connectivity index (χ0v) is 13.2. The Morgan fingerprint density at radius 1 is 1.41 bits per heavy atom. The molecule has 2 atom stereocenters. The van der Waals surface area contributed by atoms with Gasteiger partial charge in [-0.2, -0.15) is 0 Å². The molecule has 6 heteroatoms. The molecule has 120 valence electrons. The Kier molecular flexibility index (Phi) is 5.77. The zero-order chi connectivity index (χ0) is 16.1. The van der Waals surface area contributed by atoms with E-state index in [0.717, 1.165) is 12.8 Å². The second kappa shape index (κ2) is 7.58. The van der Waals surface area contributed by atoms with Crippen LogP contribution in [0.3, 0.4) is 0 Å². The molecule has 1 heterocycles. The van der Waals surface area contributed by atoms with Crippen molar-refractivity contribution in [3.8, 4) is 0 Å². The van der Waals surface area contributed by atoms with E-state index >= 15 is 0 Å². The van der Waals surface area contributed by atoms with Gasteiger partial charge in [-0.1, -0.05) is 29.8 Å². The van der Waals surface area contributed by atoms with Crippen LogP contribution in [0.15, 0.2) is 24.3 Å². The fraction of sp³-hybridized carbons (Fsp3) is 0.500. The van der Waals surface area contributed by atoms with Crippen LogP contribution in [-0.2, 0) is 14.3 Å². The van der Waals surface area contributed by atoms with Gasteiger partial charge in [-0.25, -0.2) is 9.18 Å². The molecule has 0 N–H and O–H groups in total. The predicted octanol–water partition coefficient (Wildman–Crippen LogP) is 3.29. The number of carbonyl (C=O) groups excluding carboxylic acids is 2. The van der Waals surface area contributed by atoms with E-state index in [2.05, 4.69) is 0 Å². The Labute approximate surface area is 134 Å². The molecule has 1 saturated heterocycles. The smallest absolute Gasteiger partial charge is 0.328 e. The Hall–Kier alpha value is -1.62. The molecule has 0 saturated carbocycles. The van der Waals surface area contributed by atoms with E-state index in [1.807, 2.05) is 0 Å². The molecule has 2 rings (SSSR count). The maximum absolute atomic E-state index is 14.6. The lowest BCUT2D eigenvalue weighted by atomic mass is 10.00. The first-order valence-electron chi connectivity index (χ1n) is 7.42. The van der Waals surface area contributed by atoms with Crippen LogP contribution in [0.1, 0.15) is 37.9 Å². The summed E-state index contributed by atoms with van der Waals surface area (Å²) < 4.78 is 19.6. The highest BCUT2D eigenvalue weighted by Gasteiger charge is 2.37. The lowest BCUT2D eigenvalue weighted by Crippen LogP contribution is -2.49. The van der Waals surface area contributed by atoms with E-state index in [-0.39, 0.29) is 17.2 Å². The number of rotatable bonds is 4. The summed E-state index contributed by atoms with van der Waals surface area (Å²) in [5, 5.41) is 0.202. The third kappa shape index (κ3) is 3.58. The van der Waals surface area contributed by atoms with Gasteiger partial charge in [-0.15, -0.1) is 0 Å². The van der Waals surface area contributed by atoms with Gasteiger partial charge in [0.2, 0.25) is 6.17 Å². The van der Waals surface area contributed by atoms with Crippen LogP contribution in [0, 0.1) is 0 Å². The van der Waals surface area contributed by atoms with E-state index in [4.69, 9.17) is 16.3 Å². The Bertz CT molecular complexity index is 552. The summed E-state index contributed by atoms with van der Waals surface area (Å²) in [6.07, 6.45) is 0.191. The average Bonchev–Trinajstić information content (AvgIpc) is 2.54. The predicted molar refractivity (Wildman–Crippen MR) is 81.3 cm³/mol. The lowest BCUT2D eigenvalue weighted by molar-refractivity contribution is -0.158. The van der Waals surface area contributed by atoms with Crippen molar-refractivity contribution in [3.05, 3.63) is 34.9 Å². The summed E-state index contributed by atoms with van der Waals surface area (Å²) in [6.45, 7) is 2.29. The van der Waals surface area contributed by atoms with Crippen LogP contribution in [0.25, 0.3) is 0 Å². The van der Waals surface area contributed by atoms with Crippen molar-refractivity contribution in [2.24, 2.45) is 0 Å². The molecule has 1 amide bonds. The molecular formula is C16H19ClFNO3. The molecule has 1 aromatic carbocycles. The van der Waals surface area contributed by atoms with Gasteiger partial charge in [-0.3, -0.25) is 4.79 Å². The number of halogens is 2. The molecule has 4 nitrogen and oxygen atoms in total. The number of likely N-dealkylation sites (tertiary alicyclic amines) is 1. The maximum Gasteiger partial charge on any atom is 0.328 e. The number of ether oxygens (including phenoxy) is 1.